The SMILES string of the molecule is O=C(c1ccccc1F)N1CCN(CCn2cccn2)CC1. The third kappa shape index (κ3) is 3.33. The van der Waals surface area contributed by atoms with Crippen molar-refractivity contribution in [3.8, 4) is 0 Å². The lowest BCUT2D eigenvalue weighted by Gasteiger charge is -2.34. The Morgan fingerprint density at radius 2 is 1.86 bits per heavy atom. The van der Waals surface area contributed by atoms with Crippen molar-refractivity contribution in [3.05, 3.63) is 54.1 Å². The fourth-order valence-corrected chi connectivity index (χ4v) is 2.66. The Labute approximate surface area is 128 Å². The minimum Gasteiger partial charge on any atom is -0.336 e. The maximum Gasteiger partial charge on any atom is 0.256 e. The van der Waals surface area contributed by atoms with Crippen molar-refractivity contribution in [3.63, 3.8) is 0 Å². The average Bonchev–Trinajstić information content (AvgIpc) is 3.07. The lowest BCUT2D eigenvalue weighted by atomic mass is 10.1. The Morgan fingerprint density at radius 3 is 2.55 bits per heavy atom. The van der Waals surface area contributed by atoms with E-state index in [1.807, 2.05) is 16.9 Å². The molecule has 116 valence electrons. The van der Waals surface area contributed by atoms with E-state index < -0.39 is 5.82 Å². The van der Waals surface area contributed by atoms with Crippen molar-refractivity contribution >= 4 is 5.91 Å². The molecule has 5 nitrogen and oxygen atoms in total. The highest BCUT2D eigenvalue weighted by Crippen LogP contribution is 2.12. The van der Waals surface area contributed by atoms with Crippen molar-refractivity contribution < 1.29 is 9.18 Å². The number of carbonyl (C=O) groups is 1. The fourth-order valence-electron chi connectivity index (χ4n) is 2.66. The molecule has 0 unspecified atom stereocenters. The standard InChI is InChI=1S/C16H19FN4O/c17-15-5-2-1-4-14(15)16(22)20-11-8-19(9-12-20)10-13-21-7-3-6-18-21/h1-7H,8-13H2. The van der Waals surface area contributed by atoms with Crippen LogP contribution < -0.4 is 0 Å². The number of amides is 1. The number of carbonyl (C=O) groups excluding carboxylic acids is 1. The van der Waals surface area contributed by atoms with Crippen molar-refractivity contribution in [1.29, 1.82) is 0 Å². The number of hydrogen-bond donors (Lipinski definition) is 0. The van der Waals surface area contributed by atoms with Gasteiger partial charge in [-0.3, -0.25) is 14.4 Å². The number of aromatic nitrogens is 2. The van der Waals surface area contributed by atoms with Crippen LogP contribution in [0, 0.1) is 5.82 Å². The Hall–Kier alpha value is -2.21. The van der Waals surface area contributed by atoms with Crippen LogP contribution in [0.5, 0.6) is 0 Å². The van der Waals surface area contributed by atoms with Crippen LogP contribution in [0.3, 0.4) is 0 Å². The summed E-state index contributed by atoms with van der Waals surface area (Å²) in [5.74, 6) is -0.668. The first-order valence-corrected chi connectivity index (χ1v) is 7.47. The van der Waals surface area contributed by atoms with Crippen molar-refractivity contribution in [2.45, 2.75) is 6.54 Å². The number of halogens is 1. The summed E-state index contributed by atoms with van der Waals surface area (Å²) < 4.78 is 15.6. The normalized spacial score (nSPS) is 16.0. The van der Waals surface area contributed by atoms with Gasteiger partial charge in [0.15, 0.2) is 0 Å². The van der Waals surface area contributed by atoms with Gasteiger partial charge in [-0.25, -0.2) is 4.39 Å². The minimum atomic E-state index is -0.450. The zero-order valence-electron chi connectivity index (χ0n) is 12.4. The van der Waals surface area contributed by atoms with E-state index in [4.69, 9.17) is 0 Å². The van der Waals surface area contributed by atoms with Crippen LogP contribution in [0.25, 0.3) is 0 Å². The third-order valence-electron chi connectivity index (χ3n) is 3.97. The Morgan fingerprint density at radius 1 is 1.09 bits per heavy atom. The number of rotatable bonds is 4. The third-order valence-corrected chi connectivity index (χ3v) is 3.97. The summed E-state index contributed by atoms with van der Waals surface area (Å²) >= 11 is 0. The first kappa shape index (κ1) is 14.7. The molecule has 1 fully saturated rings. The van der Waals surface area contributed by atoms with Crippen molar-refractivity contribution in [2.75, 3.05) is 32.7 Å². The number of piperazine rings is 1. The molecule has 1 aliphatic heterocycles. The molecule has 3 rings (SSSR count). The molecule has 6 heteroatoms. The first-order valence-electron chi connectivity index (χ1n) is 7.47. The maximum absolute atomic E-state index is 13.7. The van der Waals surface area contributed by atoms with Gasteiger partial charge in [0, 0.05) is 45.1 Å². The van der Waals surface area contributed by atoms with E-state index >= 15 is 0 Å². The van der Waals surface area contributed by atoms with Gasteiger partial charge in [-0.15, -0.1) is 0 Å². The van der Waals surface area contributed by atoms with E-state index in [1.54, 1.807) is 29.3 Å². The van der Waals surface area contributed by atoms with E-state index in [0.717, 1.165) is 26.2 Å². The average molecular weight is 302 g/mol. The summed E-state index contributed by atoms with van der Waals surface area (Å²) in [4.78, 5) is 16.3. The second kappa shape index (κ2) is 6.70. The van der Waals surface area contributed by atoms with Gasteiger partial charge in [0.05, 0.1) is 12.1 Å². The lowest BCUT2D eigenvalue weighted by Crippen LogP contribution is -2.49. The molecule has 0 bridgehead atoms. The number of nitrogens with zero attached hydrogens (tertiary/aromatic N) is 4. The van der Waals surface area contributed by atoms with Crippen LogP contribution in [0.1, 0.15) is 10.4 Å². The summed E-state index contributed by atoms with van der Waals surface area (Å²) in [6.45, 7) is 4.62. The maximum atomic E-state index is 13.7. The smallest absolute Gasteiger partial charge is 0.256 e. The molecule has 2 aromatic rings. The quantitative estimate of drug-likeness (QED) is 0.859. The summed E-state index contributed by atoms with van der Waals surface area (Å²) in [5.41, 5.74) is 0.160. The predicted octanol–water partition coefficient (Wildman–Crippen LogP) is 1.48. The van der Waals surface area contributed by atoms with Crippen LogP contribution in [0.4, 0.5) is 4.39 Å². The predicted molar refractivity (Wildman–Crippen MR) is 81.0 cm³/mol. The van der Waals surface area contributed by atoms with Gasteiger partial charge in [0.1, 0.15) is 5.82 Å². The second-order valence-electron chi connectivity index (χ2n) is 5.38. The molecular weight excluding hydrogens is 283 g/mol. The Balaban J connectivity index is 1.51. The highest BCUT2D eigenvalue weighted by Gasteiger charge is 2.23. The number of hydrogen-bond acceptors (Lipinski definition) is 3. The van der Waals surface area contributed by atoms with E-state index in [1.165, 1.54) is 6.07 Å². The zero-order valence-corrected chi connectivity index (χ0v) is 12.4. The first-order chi connectivity index (χ1) is 10.7. The summed E-state index contributed by atoms with van der Waals surface area (Å²) in [6, 6.07) is 8.07. The second-order valence-corrected chi connectivity index (χ2v) is 5.38. The summed E-state index contributed by atoms with van der Waals surface area (Å²) in [6.07, 6.45) is 3.71. The molecule has 0 aliphatic carbocycles. The molecule has 0 radical (unpaired) electrons. The molecule has 0 atom stereocenters. The fraction of sp³-hybridized carbons (Fsp3) is 0.375. The van der Waals surface area contributed by atoms with Gasteiger partial charge in [-0.2, -0.15) is 5.10 Å². The Kier molecular flexibility index (Phi) is 4.48. The molecule has 2 heterocycles. The summed E-state index contributed by atoms with van der Waals surface area (Å²) in [5, 5.41) is 4.18. The molecule has 1 amide bonds. The largest absolute Gasteiger partial charge is 0.336 e. The summed E-state index contributed by atoms with van der Waals surface area (Å²) in [7, 11) is 0. The van der Waals surface area contributed by atoms with Crippen LogP contribution >= 0.6 is 0 Å². The van der Waals surface area contributed by atoms with Gasteiger partial charge in [-0.05, 0) is 18.2 Å². The Bertz CT molecular complexity index is 621. The molecule has 1 aliphatic rings. The van der Waals surface area contributed by atoms with Gasteiger partial charge >= 0.3 is 0 Å². The number of benzene rings is 1. The van der Waals surface area contributed by atoms with Crippen LogP contribution in [-0.2, 0) is 6.54 Å². The molecule has 0 saturated carbocycles. The topological polar surface area (TPSA) is 41.4 Å². The molecule has 1 aromatic carbocycles. The lowest BCUT2D eigenvalue weighted by molar-refractivity contribution is 0.0627. The van der Waals surface area contributed by atoms with Crippen LogP contribution in [0.15, 0.2) is 42.7 Å². The molecule has 0 spiro atoms. The minimum absolute atomic E-state index is 0.160. The molecule has 1 aromatic heterocycles. The van der Waals surface area contributed by atoms with Gasteiger partial charge < -0.3 is 4.90 Å². The van der Waals surface area contributed by atoms with E-state index in [2.05, 4.69) is 10.00 Å². The van der Waals surface area contributed by atoms with Crippen molar-refractivity contribution in [2.24, 2.45) is 0 Å². The van der Waals surface area contributed by atoms with E-state index in [0.29, 0.717) is 13.1 Å². The van der Waals surface area contributed by atoms with Gasteiger partial charge in [0.25, 0.3) is 5.91 Å². The highest BCUT2D eigenvalue weighted by atomic mass is 19.1. The monoisotopic (exact) mass is 302 g/mol. The molecule has 22 heavy (non-hydrogen) atoms. The van der Waals surface area contributed by atoms with Crippen molar-refractivity contribution in [1.82, 2.24) is 19.6 Å². The van der Waals surface area contributed by atoms with Gasteiger partial charge in [0.2, 0.25) is 0 Å². The molecule has 0 N–H and O–H groups in total. The van der Waals surface area contributed by atoms with Gasteiger partial charge in [-0.1, -0.05) is 12.1 Å². The molecular formula is C16H19FN4O. The van der Waals surface area contributed by atoms with E-state index in [-0.39, 0.29) is 11.5 Å². The zero-order chi connectivity index (χ0) is 15.4. The highest BCUT2D eigenvalue weighted by molar-refractivity contribution is 5.94. The molecule has 1 saturated heterocycles. The van der Waals surface area contributed by atoms with E-state index in [9.17, 15) is 9.18 Å². The van der Waals surface area contributed by atoms with Crippen LogP contribution in [-0.4, -0.2) is 58.2 Å². The van der Waals surface area contributed by atoms with Crippen LogP contribution in [0.2, 0.25) is 0 Å².